The molecular formula is C14H26N4O. The number of aliphatic imine (C=N–C) groups is 1. The third-order valence-corrected chi connectivity index (χ3v) is 2.90. The average molecular weight is 266 g/mol. The van der Waals surface area contributed by atoms with E-state index < -0.39 is 0 Å². The standard InChI is InChI=1S/C14H26N4O/c1-4-15-14(18-12-7-5-6-8-12)17-10-9-16-13(19)11(2)3/h5-6,11-12H,4,7-10H2,1-3H3,(H,16,19)(H2,15,17,18). The minimum Gasteiger partial charge on any atom is -0.357 e. The molecule has 5 nitrogen and oxygen atoms in total. The highest BCUT2D eigenvalue weighted by atomic mass is 16.1. The summed E-state index contributed by atoms with van der Waals surface area (Å²) in [7, 11) is 0. The van der Waals surface area contributed by atoms with Crippen molar-refractivity contribution in [2.75, 3.05) is 19.6 Å². The normalized spacial score (nSPS) is 15.9. The zero-order chi connectivity index (χ0) is 14.1. The Hall–Kier alpha value is -1.52. The van der Waals surface area contributed by atoms with Gasteiger partial charge in [0.1, 0.15) is 0 Å². The predicted molar refractivity (Wildman–Crippen MR) is 79.1 cm³/mol. The lowest BCUT2D eigenvalue weighted by molar-refractivity contribution is -0.123. The van der Waals surface area contributed by atoms with E-state index in [2.05, 4.69) is 33.1 Å². The summed E-state index contributed by atoms with van der Waals surface area (Å²) >= 11 is 0. The van der Waals surface area contributed by atoms with E-state index in [9.17, 15) is 4.79 Å². The first-order chi connectivity index (χ1) is 9.13. The molecule has 0 bridgehead atoms. The van der Waals surface area contributed by atoms with Gasteiger partial charge in [0.2, 0.25) is 5.91 Å². The minimum absolute atomic E-state index is 0.0277. The fraction of sp³-hybridized carbons (Fsp3) is 0.714. The molecule has 0 heterocycles. The molecule has 0 unspecified atom stereocenters. The summed E-state index contributed by atoms with van der Waals surface area (Å²) in [5, 5.41) is 9.47. The maximum atomic E-state index is 11.4. The van der Waals surface area contributed by atoms with E-state index in [0.29, 0.717) is 19.1 Å². The first-order valence-electron chi connectivity index (χ1n) is 7.11. The van der Waals surface area contributed by atoms with Crippen molar-refractivity contribution in [1.29, 1.82) is 0 Å². The van der Waals surface area contributed by atoms with E-state index in [0.717, 1.165) is 25.3 Å². The van der Waals surface area contributed by atoms with Gasteiger partial charge in [0.15, 0.2) is 5.96 Å². The van der Waals surface area contributed by atoms with Gasteiger partial charge >= 0.3 is 0 Å². The van der Waals surface area contributed by atoms with Crippen LogP contribution in [0.3, 0.4) is 0 Å². The monoisotopic (exact) mass is 266 g/mol. The van der Waals surface area contributed by atoms with Gasteiger partial charge in [-0.05, 0) is 19.8 Å². The number of hydrogen-bond acceptors (Lipinski definition) is 2. The van der Waals surface area contributed by atoms with Gasteiger partial charge in [0, 0.05) is 25.0 Å². The van der Waals surface area contributed by atoms with Gasteiger partial charge in [-0.2, -0.15) is 0 Å². The smallest absolute Gasteiger partial charge is 0.222 e. The summed E-state index contributed by atoms with van der Waals surface area (Å²) < 4.78 is 0. The number of carbonyl (C=O) groups is 1. The Morgan fingerprint density at radius 2 is 2.00 bits per heavy atom. The lowest BCUT2D eigenvalue weighted by Crippen LogP contribution is -2.43. The van der Waals surface area contributed by atoms with Crippen LogP contribution in [-0.4, -0.2) is 37.5 Å². The second-order valence-electron chi connectivity index (χ2n) is 4.99. The van der Waals surface area contributed by atoms with E-state index in [1.807, 2.05) is 20.8 Å². The highest BCUT2D eigenvalue weighted by Gasteiger charge is 2.11. The third-order valence-electron chi connectivity index (χ3n) is 2.90. The predicted octanol–water partition coefficient (Wildman–Crippen LogP) is 1.03. The van der Waals surface area contributed by atoms with Crippen LogP contribution in [-0.2, 0) is 4.79 Å². The highest BCUT2D eigenvalue weighted by Crippen LogP contribution is 2.08. The number of carbonyl (C=O) groups excluding carboxylic acids is 1. The minimum atomic E-state index is 0.0277. The summed E-state index contributed by atoms with van der Waals surface area (Å²) in [4.78, 5) is 15.9. The second-order valence-corrected chi connectivity index (χ2v) is 4.99. The Bertz CT molecular complexity index is 328. The first-order valence-corrected chi connectivity index (χ1v) is 7.11. The van der Waals surface area contributed by atoms with Gasteiger partial charge in [0.05, 0.1) is 6.54 Å². The Morgan fingerprint density at radius 3 is 2.58 bits per heavy atom. The van der Waals surface area contributed by atoms with Gasteiger partial charge in [-0.3, -0.25) is 9.79 Å². The molecule has 1 rings (SSSR count). The number of hydrogen-bond donors (Lipinski definition) is 3. The van der Waals surface area contributed by atoms with Crippen molar-refractivity contribution >= 4 is 11.9 Å². The third kappa shape index (κ3) is 6.27. The maximum Gasteiger partial charge on any atom is 0.222 e. The molecule has 3 N–H and O–H groups in total. The van der Waals surface area contributed by atoms with E-state index in [-0.39, 0.29) is 11.8 Å². The summed E-state index contributed by atoms with van der Waals surface area (Å²) in [5.74, 6) is 0.933. The van der Waals surface area contributed by atoms with Gasteiger partial charge in [-0.15, -0.1) is 0 Å². The molecule has 19 heavy (non-hydrogen) atoms. The molecule has 1 aliphatic rings. The Labute approximate surface area is 115 Å². The summed E-state index contributed by atoms with van der Waals surface area (Å²) in [6, 6.07) is 0.447. The number of guanidine groups is 1. The van der Waals surface area contributed by atoms with Crippen LogP contribution in [0.1, 0.15) is 33.6 Å². The first kappa shape index (κ1) is 15.5. The zero-order valence-corrected chi connectivity index (χ0v) is 12.2. The lowest BCUT2D eigenvalue weighted by Gasteiger charge is -2.16. The van der Waals surface area contributed by atoms with Crippen LogP contribution < -0.4 is 16.0 Å². The van der Waals surface area contributed by atoms with Crippen molar-refractivity contribution in [2.24, 2.45) is 10.9 Å². The van der Waals surface area contributed by atoms with Crippen molar-refractivity contribution in [3.05, 3.63) is 12.2 Å². The maximum absolute atomic E-state index is 11.4. The largest absolute Gasteiger partial charge is 0.357 e. The van der Waals surface area contributed by atoms with E-state index in [4.69, 9.17) is 0 Å². The molecule has 0 radical (unpaired) electrons. The molecule has 5 heteroatoms. The van der Waals surface area contributed by atoms with Crippen molar-refractivity contribution in [3.63, 3.8) is 0 Å². The van der Waals surface area contributed by atoms with Gasteiger partial charge in [-0.25, -0.2) is 0 Å². The fourth-order valence-electron chi connectivity index (χ4n) is 1.80. The number of amides is 1. The van der Waals surface area contributed by atoms with Crippen LogP contribution >= 0.6 is 0 Å². The molecule has 0 aromatic heterocycles. The molecule has 0 aromatic rings. The van der Waals surface area contributed by atoms with Crippen LogP contribution in [0.5, 0.6) is 0 Å². The number of nitrogens with one attached hydrogen (secondary N) is 3. The molecule has 0 aromatic carbocycles. The molecule has 0 saturated heterocycles. The van der Waals surface area contributed by atoms with Gasteiger partial charge in [0.25, 0.3) is 0 Å². The van der Waals surface area contributed by atoms with E-state index in [1.54, 1.807) is 0 Å². The van der Waals surface area contributed by atoms with Crippen LogP contribution in [0, 0.1) is 5.92 Å². The van der Waals surface area contributed by atoms with Crippen molar-refractivity contribution in [1.82, 2.24) is 16.0 Å². The molecular weight excluding hydrogens is 240 g/mol. The second kappa shape index (κ2) is 8.56. The van der Waals surface area contributed by atoms with Gasteiger partial charge in [-0.1, -0.05) is 26.0 Å². The Kier molecular flexibility index (Phi) is 7.00. The quantitative estimate of drug-likeness (QED) is 0.291. The fourth-order valence-corrected chi connectivity index (χ4v) is 1.80. The summed E-state index contributed by atoms with van der Waals surface area (Å²) in [6.07, 6.45) is 6.47. The van der Waals surface area contributed by atoms with Crippen LogP contribution in [0.4, 0.5) is 0 Å². The van der Waals surface area contributed by atoms with Crippen molar-refractivity contribution < 1.29 is 4.79 Å². The number of nitrogens with zero attached hydrogens (tertiary/aromatic N) is 1. The van der Waals surface area contributed by atoms with Crippen molar-refractivity contribution in [2.45, 2.75) is 39.7 Å². The van der Waals surface area contributed by atoms with Crippen LogP contribution in [0.25, 0.3) is 0 Å². The van der Waals surface area contributed by atoms with Crippen LogP contribution in [0.2, 0.25) is 0 Å². The van der Waals surface area contributed by atoms with Gasteiger partial charge < -0.3 is 16.0 Å². The topological polar surface area (TPSA) is 65.5 Å². The van der Waals surface area contributed by atoms with Crippen molar-refractivity contribution in [3.8, 4) is 0 Å². The lowest BCUT2D eigenvalue weighted by atomic mass is 10.2. The highest BCUT2D eigenvalue weighted by molar-refractivity contribution is 5.80. The van der Waals surface area contributed by atoms with Crippen LogP contribution in [0.15, 0.2) is 17.1 Å². The van der Waals surface area contributed by atoms with E-state index >= 15 is 0 Å². The molecule has 0 atom stereocenters. The molecule has 0 aliphatic heterocycles. The van der Waals surface area contributed by atoms with E-state index in [1.165, 1.54) is 0 Å². The zero-order valence-electron chi connectivity index (χ0n) is 12.2. The molecule has 108 valence electrons. The molecule has 1 aliphatic carbocycles. The SMILES string of the molecule is CCNC(=NCCNC(=O)C(C)C)NC1CC=CC1. The average Bonchev–Trinajstić information content (AvgIpc) is 2.87. The molecule has 0 spiro atoms. The molecule has 0 fully saturated rings. The molecule has 1 amide bonds. The number of rotatable bonds is 6. The molecule has 0 saturated carbocycles. The Balaban J connectivity index is 2.29. The Morgan fingerprint density at radius 1 is 1.32 bits per heavy atom. The summed E-state index contributed by atoms with van der Waals surface area (Å²) in [5.41, 5.74) is 0. The summed E-state index contributed by atoms with van der Waals surface area (Å²) in [6.45, 7) is 7.83.